The average Bonchev–Trinajstić information content (AvgIpc) is 3.10. The maximum Gasteiger partial charge on any atom is 0.234 e. The van der Waals surface area contributed by atoms with Gasteiger partial charge < -0.3 is 19.4 Å². The fraction of sp³-hybridized carbons (Fsp3) is 0.238. The van der Waals surface area contributed by atoms with Crippen molar-refractivity contribution in [2.75, 3.05) is 25.3 Å². The molecule has 0 fully saturated rings. The number of para-hydroxylation sites is 1. The van der Waals surface area contributed by atoms with Crippen molar-refractivity contribution in [1.82, 2.24) is 19.7 Å². The van der Waals surface area contributed by atoms with Crippen LogP contribution in [0.4, 0.5) is 5.69 Å². The Morgan fingerprint density at radius 3 is 2.53 bits per heavy atom. The smallest absolute Gasteiger partial charge is 0.234 e. The number of benzene rings is 2. The highest BCUT2D eigenvalue weighted by molar-refractivity contribution is 7.99. The summed E-state index contributed by atoms with van der Waals surface area (Å²) in [6.07, 6.45) is 0. The Balaban J connectivity index is 1.51. The number of ether oxygens (including phenoxy) is 2. The summed E-state index contributed by atoms with van der Waals surface area (Å²) >= 11 is 1.24. The molecule has 0 aliphatic heterocycles. The molecule has 0 radical (unpaired) electrons. The van der Waals surface area contributed by atoms with Gasteiger partial charge in [0.1, 0.15) is 17.0 Å². The first-order chi connectivity index (χ1) is 14.6. The monoisotopic (exact) mass is 423 g/mol. The standard InChI is InChI=1S/C21H21N5O3S/c1-4-26-17-8-6-5-7-16(17)19-20(26)23-21(25-24-19)30-12-18(27)22-13-9-14(28-2)11-15(10-13)29-3/h5-11H,4,12H2,1-3H3,(H,22,27). The molecule has 9 heteroatoms. The Morgan fingerprint density at radius 2 is 1.83 bits per heavy atom. The van der Waals surface area contributed by atoms with Gasteiger partial charge in [-0.25, -0.2) is 4.98 Å². The van der Waals surface area contributed by atoms with Crippen molar-refractivity contribution in [2.45, 2.75) is 18.6 Å². The van der Waals surface area contributed by atoms with E-state index >= 15 is 0 Å². The minimum atomic E-state index is -0.185. The van der Waals surface area contributed by atoms with Gasteiger partial charge in [0.15, 0.2) is 5.65 Å². The van der Waals surface area contributed by atoms with Crippen LogP contribution >= 0.6 is 11.8 Å². The number of methoxy groups -OCH3 is 2. The summed E-state index contributed by atoms with van der Waals surface area (Å²) in [6, 6.07) is 13.2. The molecule has 0 unspecified atom stereocenters. The first kappa shape index (κ1) is 20.0. The molecule has 30 heavy (non-hydrogen) atoms. The van der Waals surface area contributed by atoms with Crippen LogP contribution in [0.2, 0.25) is 0 Å². The van der Waals surface area contributed by atoms with E-state index in [1.54, 1.807) is 32.4 Å². The van der Waals surface area contributed by atoms with Gasteiger partial charge in [0.25, 0.3) is 0 Å². The predicted octanol–water partition coefficient (Wildman–Crippen LogP) is 3.75. The van der Waals surface area contributed by atoms with Gasteiger partial charge >= 0.3 is 0 Å². The zero-order valence-electron chi connectivity index (χ0n) is 16.9. The second kappa shape index (κ2) is 8.58. The summed E-state index contributed by atoms with van der Waals surface area (Å²) in [5.74, 6) is 1.17. The number of rotatable bonds is 7. The Labute approximate surface area is 177 Å². The summed E-state index contributed by atoms with van der Waals surface area (Å²) in [5, 5.41) is 12.9. The van der Waals surface area contributed by atoms with Gasteiger partial charge in [-0.1, -0.05) is 30.0 Å². The Bertz CT molecular complexity index is 1200. The summed E-state index contributed by atoms with van der Waals surface area (Å²) in [5.41, 5.74) is 3.21. The molecule has 0 saturated heterocycles. The number of hydrogen-bond acceptors (Lipinski definition) is 7. The minimum absolute atomic E-state index is 0.152. The molecular weight excluding hydrogens is 402 g/mol. The highest BCUT2D eigenvalue weighted by Gasteiger charge is 2.15. The van der Waals surface area contributed by atoms with E-state index in [-0.39, 0.29) is 11.7 Å². The number of aryl methyl sites for hydroxylation is 1. The molecule has 2 aromatic carbocycles. The number of anilines is 1. The maximum atomic E-state index is 12.4. The van der Waals surface area contributed by atoms with Gasteiger partial charge in [-0.15, -0.1) is 10.2 Å². The summed E-state index contributed by atoms with van der Waals surface area (Å²) < 4.78 is 12.6. The topological polar surface area (TPSA) is 91.2 Å². The normalized spacial score (nSPS) is 11.0. The molecule has 1 N–H and O–H groups in total. The highest BCUT2D eigenvalue weighted by Crippen LogP contribution is 2.28. The van der Waals surface area contributed by atoms with Crippen LogP contribution in [0.3, 0.4) is 0 Å². The third-order valence-electron chi connectivity index (χ3n) is 4.64. The quantitative estimate of drug-likeness (QED) is 0.453. The van der Waals surface area contributed by atoms with Crippen LogP contribution < -0.4 is 14.8 Å². The first-order valence-electron chi connectivity index (χ1n) is 9.40. The molecule has 2 heterocycles. The van der Waals surface area contributed by atoms with Gasteiger partial charge in [0.05, 0.1) is 25.5 Å². The number of thioether (sulfide) groups is 1. The molecule has 154 valence electrons. The SMILES string of the molecule is CCn1c2ccccc2c2nnc(SCC(=O)Nc3cc(OC)cc(OC)c3)nc21. The number of carbonyl (C=O) groups is 1. The van der Waals surface area contributed by atoms with Gasteiger partial charge in [-0.05, 0) is 13.0 Å². The van der Waals surface area contributed by atoms with Crippen molar-refractivity contribution in [2.24, 2.45) is 0 Å². The zero-order chi connectivity index (χ0) is 21.1. The lowest BCUT2D eigenvalue weighted by molar-refractivity contribution is -0.113. The maximum absolute atomic E-state index is 12.4. The van der Waals surface area contributed by atoms with Gasteiger partial charge in [-0.3, -0.25) is 4.79 Å². The second-order valence-corrected chi connectivity index (χ2v) is 7.41. The third kappa shape index (κ3) is 3.88. The van der Waals surface area contributed by atoms with Crippen LogP contribution in [0, 0.1) is 0 Å². The molecule has 0 saturated carbocycles. The van der Waals surface area contributed by atoms with Crippen LogP contribution in [0.25, 0.3) is 22.1 Å². The molecular formula is C21H21N5O3S. The highest BCUT2D eigenvalue weighted by atomic mass is 32.2. The number of amides is 1. The number of hydrogen-bond donors (Lipinski definition) is 1. The van der Waals surface area contributed by atoms with Crippen molar-refractivity contribution in [1.29, 1.82) is 0 Å². The largest absolute Gasteiger partial charge is 0.497 e. The van der Waals surface area contributed by atoms with Crippen molar-refractivity contribution in [3.05, 3.63) is 42.5 Å². The number of nitrogens with zero attached hydrogens (tertiary/aromatic N) is 4. The van der Waals surface area contributed by atoms with Crippen LogP contribution in [-0.4, -0.2) is 45.6 Å². The van der Waals surface area contributed by atoms with Crippen LogP contribution in [0.15, 0.2) is 47.6 Å². The number of aromatic nitrogens is 4. The minimum Gasteiger partial charge on any atom is -0.497 e. The van der Waals surface area contributed by atoms with E-state index in [1.807, 2.05) is 24.3 Å². The van der Waals surface area contributed by atoms with E-state index in [0.29, 0.717) is 22.3 Å². The Kier molecular flexibility index (Phi) is 5.71. The van der Waals surface area contributed by atoms with Crippen LogP contribution in [0.5, 0.6) is 11.5 Å². The van der Waals surface area contributed by atoms with Crippen molar-refractivity contribution >= 4 is 45.4 Å². The number of nitrogens with one attached hydrogen (secondary N) is 1. The third-order valence-corrected chi connectivity index (χ3v) is 5.48. The van der Waals surface area contributed by atoms with E-state index in [2.05, 4.69) is 32.0 Å². The Morgan fingerprint density at radius 1 is 1.10 bits per heavy atom. The molecule has 0 aliphatic carbocycles. The second-order valence-electron chi connectivity index (χ2n) is 6.47. The molecule has 4 rings (SSSR count). The van der Waals surface area contributed by atoms with E-state index in [1.165, 1.54) is 11.8 Å². The molecule has 2 aromatic heterocycles. The van der Waals surface area contributed by atoms with Crippen molar-refractivity contribution in [3.8, 4) is 11.5 Å². The van der Waals surface area contributed by atoms with E-state index in [0.717, 1.165) is 28.6 Å². The summed E-state index contributed by atoms with van der Waals surface area (Å²) in [4.78, 5) is 17.1. The molecule has 8 nitrogen and oxygen atoms in total. The molecule has 0 spiro atoms. The van der Waals surface area contributed by atoms with Crippen molar-refractivity contribution < 1.29 is 14.3 Å². The lowest BCUT2D eigenvalue weighted by Gasteiger charge is -2.09. The number of carbonyl (C=O) groups excluding carboxylic acids is 1. The molecule has 0 bridgehead atoms. The van der Waals surface area contributed by atoms with E-state index < -0.39 is 0 Å². The molecule has 1 amide bonds. The van der Waals surface area contributed by atoms with Gasteiger partial charge in [0.2, 0.25) is 11.1 Å². The predicted molar refractivity (Wildman–Crippen MR) is 117 cm³/mol. The average molecular weight is 423 g/mol. The zero-order valence-corrected chi connectivity index (χ0v) is 17.7. The molecule has 0 aliphatic rings. The first-order valence-corrected chi connectivity index (χ1v) is 10.4. The summed E-state index contributed by atoms with van der Waals surface area (Å²) in [7, 11) is 3.12. The summed E-state index contributed by atoms with van der Waals surface area (Å²) in [6.45, 7) is 2.83. The van der Waals surface area contributed by atoms with Crippen LogP contribution in [-0.2, 0) is 11.3 Å². The fourth-order valence-corrected chi connectivity index (χ4v) is 3.86. The van der Waals surface area contributed by atoms with Gasteiger partial charge in [0, 0.05) is 35.8 Å². The molecule has 0 atom stereocenters. The van der Waals surface area contributed by atoms with Gasteiger partial charge in [-0.2, -0.15) is 0 Å². The fourth-order valence-electron chi connectivity index (χ4n) is 3.28. The van der Waals surface area contributed by atoms with E-state index in [9.17, 15) is 4.79 Å². The Hall–Kier alpha value is -3.33. The number of fused-ring (bicyclic) bond motifs is 3. The van der Waals surface area contributed by atoms with E-state index in [4.69, 9.17) is 9.47 Å². The lowest BCUT2D eigenvalue weighted by Crippen LogP contribution is -2.14. The van der Waals surface area contributed by atoms with Crippen molar-refractivity contribution in [3.63, 3.8) is 0 Å². The molecule has 4 aromatic rings. The lowest BCUT2D eigenvalue weighted by atomic mass is 10.2. The van der Waals surface area contributed by atoms with Crippen LogP contribution in [0.1, 0.15) is 6.92 Å².